The van der Waals surface area contributed by atoms with Crippen LogP contribution in [0, 0.1) is 5.92 Å². The molecule has 0 radical (unpaired) electrons. The summed E-state index contributed by atoms with van der Waals surface area (Å²) >= 11 is 6.16. The lowest BCUT2D eigenvalue weighted by molar-refractivity contribution is 0.0526. The van der Waals surface area contributed by atoms with Gasteiger partial charge in [-0.15, -0.1) is 0 Å². The van der Waals surface area contributed by atoms with Crippen LogP contribution in [0.25, 0.3) is 0 Å². The second kappa shape index (κ2) is 5.52. The molecule has 1 atom stereocenters. The topological polar surface area (TPSA) is 47.6 Å². The van der Waals surface area contributed by atoms with E-state index < -0.39 is 11.7 Å². The molecule has 1 N–H and O–H groups in total. The Bertz CT molecular complexity index is 512. The molecule has 1 heterocycles. The fourth-order valence-electron chi connectivity index (χ4n) is 2.19. The van der Waals surface area contributed by atoms with Gasteiger partial charge in [-0.05, 0) is 46.3 Å². The Balaban J connectivity index is 1.90. The number of hydrogen-bond acceptors (Lipinski definition) is 3. The number of carbonyl (C=O) groups is 1. The highest BCUT2D eigenvalue weighted by molar-refractivity contribution is 6.31. The summed E-state index contributed by atoms with van der Waals surface area (Å²) in [6, 6.07) is 0. The van der Waals surface area contributed by atoms with Gasteiger partial charge in [-0.25, -0.2) is 4.79 Å². The molecule has 4 nitrogen and oxygen atoms in total. The molecule has 0 spiro atoms. The second-order valence-electron chi connectivity index (χ2n) is 6.10. The van der Waals surface area contributed by atoms with Gasteiger partial charge in [-0.2, -0.15) is 0 Å². The largest absolute Gasteiger partial charge is 0.462 e. The number of fused-ring (bicyclic) bond motifs is 1. The molecular formula is C15H20ClNO3. The molecule has 5 heteroatoms. The smallest absolute Gasteiger partial charge is 0.408 e. The van der Waals surface area contributed by atoms with Crippen LogP contribution in [0.4, 0.5) is 4.79 Å². The van der Waals surface area contributed by atoms with Crippen molar-refractivity contribution in [3.05, 3.63) is 34.3 Å². The maximum atomic E-state index is 11.6. The summed E-state index contributed by atoms with van der Waals surface area (Å²) in [5.74, 6) is 1.67. The van der Waals surface area contributed by atoms with Crippen molar-refractivity contribution >= 4 is 17.7 Å². The first kappa shape index (κ1) is 15.0. The van der Waals surface area contributed by atoms with Gasteiger partial charge >= 0.3 is 6.09 Å². The molecule has 2 rings (SSSR count). The molecule has 1 aliphatic heterocycles. The van der Waals surface area contributed by atoms with Gasteiger partial charge in [0.2, 0.25) is 0 Å². The van der Waals surface area contributed by atoms with Crippen molar-refractivity contribution < 1.29 is 14.3 Å². The minimum Gasteiger partial charge on any atom is -0.462 e. The average Bonchev–Trinajstić information content (AvgIpc) is 2.67. The van der Waals surface area contributed by atoms with Gasteiger partial charge < -0.3 is 14.8 Å². The molecule has 1 unspecified atom stereocenters. The van der Waals surface area contributed by atoms with Crippen molar-refractivity contribution in [3.63, 3.8) is 0 Å². The number of amides is 1. The Kier molecular flexibility index (Phi) is 4.14. The first-order valence-corrected chi connectivity index (χ1v) is 7.04. The van der Waals surface area contributed by atoms with E-state index in [9.17, 15) is 4.79 Å². The van der Waals surface area contributed by atoms with Crippen molar-refractivity contribution in [3.8, 4) is 0 Å². The van der Waals surface area contributed by atoms with Crippen LogP contribution in [0.2, 0.25) is 0 Å². The molecule has 20 heavy (non-hydrogen) atoms. The predicted octanol–water partition coefficient (Wildman–Crippen LogP) is 3.84. The lowest BCUT2D eigenvalue weighted by Crippen LogP contribution is -2.33. The highest BCUT2D eigenvalue weighted by Gasteiger charge is 2.29. The van der Waals surface area contributed by atoms with Crippen LogP contribution in [0.5, 0.6) is 0 Å². The molecule has 1 amide bonds. The highest BCUT2D eigenvalue weighted by Crippen LogP contribution is 2.39. The predicted molar refractivity (Wildman–Crippen MR) is 78.1 cm³/mol. The van der Waals surface area contributed by atoms with E-state index in [1.807, 2.05) is 39.8 Å². The number of halogens is 1. The highest BCUT2D eigenvalue weighted by atomic mass is 35.5. The Morgan fingerprint density at radius 1 is 1.55 bits per heavy atom. The molecule has 110 valence electrons. The quantitative estimate of drug-likeness (QED) is 0.842. The number of rotatable bonds is 2. The molecule has 0 bridgehead atoms. The summed E-state index contributed by atoms with van der Waals surface area (Å²) < 4.78 is 10.9. The van der Waals surface area contributed by atoms with E-state index in [0.717, 1.165) is 12.2 Å². The van der Waals surface area contributed by atoms with Gasteiger partial charge in [0.1, 0.15) is 17.1 Å². The van der Waals surface area contributed by atoms with Crippen LogP contribution < -0.4 is 5.32 Å². The number of allylic oxidation sites excluding steroid dienone is 4. The Morgan fingerprint density at radius 2 is 2.25 bits per heavy atom. The van der Waals surface area contributed by atoms with Crippen LogP contribution in [-0.2, 0) is 9.47 Å². The van der Waals surface area contributed by atoms with E-state index in [0.29, 0.717) is 17.3 Å². The van der Waals surface area contributed by atoms with E-state index in [1.165, 1.54) is 5.57 Å². The summed E-state index contributed by atoms with van der Waals surface area (Å²) in [5, 5.41) is 3.32. The molecule has 0 saturated carbocycles. The third-order valence-electron chi connectivity index (χ3n) is 2.92. The molecule has 0 aromatic heterocycles. The van der Waals surface area contributed by atoms with Crippen LogP contribution >= 0.6 is 11.6 Å². The standard InChI is InChI=1S/C15H20ClNO3/c1-9-5-10-7-11(19-13(10)12(16)6-9)8-17-14(18)20-15(2,3)4/h6-7,10H,5,8H2,1-4H3,(H,17,18). The summed E-state index contributed by atoms with van der Waals surface area (Å²) in [5.41, 5.74) is 0.723. The monoisotopic (exact) mass is 297 g/mol. The van der Waals surface area contributed by atoms with Crippen LogP contribution in [0.3, 0.4) is 0 Å². The van der Waals surface area contributed by atoms with Crippen molar-refractivity contribution in [1.29, 1.82) is 0 Å². The van der Waals surface area contributed by atoms with Crippen LogP contribution in [-0.4, -0.2) is 18.2 Å². The molecule has 0 aromatic rings. The minimum absolute atomic E-state index is 0.183. The van der Waals surface area contributed by atoms with E-state index in [-0.39, 0.29) is 5.92 Å². The SMILES string of the molecule is CC1=CC(Cl)=C2OC(CNC(=O)OC(C)(C)C)=CC2C1. The average molecular weight is 298 g/mol. The van der Waals surface area contributed by atoms with Gasteiger partial charge in [-0.3, -0.25) is 0 Å². The number of nitrogens with one attached hydrogen (secondary N) is 1. The third-order valence-corrected chi connectivity index (χ3v) is 3.22. The molecule has 0 fully saturated rings. The fraction of sp³-hybridized carbons (Fsp3) is 0.533. The first-order valence-electron chi connectivity index (χ1n) is 6.67. The normalized spacial score (nSPS) is 21.8. The third kappa shape index (κ3) is 3.79. The molecule has 1 aliphatic carbocycles. The Labute approximate surface area is 124 Å². The number of ether oxygens (including phenoxy) is 2. The fourth-order valence-corrected chi connectivity index (χ4v) is 2.56. The zero-order valence-electron chi connectivity index (χ0n) is 12.2. The second-order valence-corrected chi connectivity index (χ2v) is 6.51. The Morgan fingerprint density at radius 3 is 2.90 bits per heavy atom. The van der Waals surface area contributed by atoms with Crippen molar-refractivity contribution in [2.24, 2.45) is 5.92 Å². The lowest BCUT2D eigenvalue weighted by Gasteiger charge is -2.20. The lowest BCUT2D eigenvalue weighted by atomic mass is 9.94. The minimum atomic E-state index is -0.504. The number of alkyl carbamates (subject to hydrolysis) is 1. The Hall–Kier alpha value is -1.42. The van der Waals surface area contributed by atoms with Gasteiger partial charge in [-0.1, -0.05) is 17.2 Å². The molecule has 0 saturated heterocycles. The zero-order chi connectivity index (χ0) is 14.9. The number of hydrogen-bond donors (Lipinski definition) is 1. The van der Waals surface area contributed by atoms with Crippen molar-refractivity contribution in [2.45, 2.75) is 39.7 Å². The molecular weight excluding hydrogens is 278 g/mol. The zero-order valence-corrected chi connectivity index (χ0v) is 13.0. The van der Waals surface area contributed by atoms with Crippen LogP contribution in [0.15, 0.2) is 34.3 Å². The van der Waals surface area contributed by atoms with Gasteiger partial charge in [0.25, 0.3) is 0 Å². The van der Waals surface area contributed by atoms with Crippen LogP contribution in [0.1, 0.15) is 34.1 Å². The van der Waals surface area contributed by atoms with Gasteiger partial charge in [0.05, 0.1) is 11.6 Å². The summed E-state index contributed by atoms with van der Waals surface area (Å²) in [6.07, 6.45) is 4.38. The maximum Gasteiger partial charge on any atom is 0.408 e. The number of carbonyl (C=O) groups excluding carboxylic acids is 1. The van der Waals surface area contributed by atoms with E-state index in [4.69, 9.17) is 21.1 Å². The van der Waals surface area contributed by atoms with Crippen molar-refractivity contribution in [2.75, 3.05) is 6.54 Å². The van der Waals surface area contributed by atoms with Gasteiger partial charge in [0.15, 0.2) is 0 Å². The summed E-state index contributed by atoms with van der Waals surface area (Å²) in [6.45, 7) is 7.82. The van der Waals surface area contributed by atoms with E-state index >= 15 is 0 Å². The summed E-state index contributed by atoms with van der Waals surface area (Å²) in [4.78, 5) is 11.6. The molecule has 2 aliphatic rings. The summed E-state index contributed by atoms with van der Waals surface area (Å²) in [7, 11) is 0. The van der Waals surface area contributed by atoms with E-state index in [2.05, 4.69) is 5.32 Å². The maximum absolute atomic E-state index is 11.6. The van der Waals surface area contributed by atoms with E-state index in [1.54, 1.807) is 0 Å². The van der Waals surface area contributed by atoms with Crippen molar-refractivity contribution in [1.82, 2.24) is 5.32 Å². The van der Waals surface area contributed by atoms with Gasteiger partial charge in [0, 0.05) is 5.92 Å². The first-order chi connectivity index (χ1) is 9.24. The molecule has 0 aromatic carbocycles.